The Balaban J connectivity index is 0.000000198. The molecule has 0 N–H and O–H groups in total. The summed E-state index contributed by atoms with van der Waals surface area (Å²) in [6, 6.07) is 25.8. The SMILES string of the molecule is FC(F)(F)c1ccc(-c2n[n-]c(-c3ccccn3)n2)cc1.Fc1cc(F)c(-c2[c-]c(-c3ccccn3)c(F)cc2F)[c-]c1-c1ccccn1.[Ir+3]. The van der Waals surface area contributed by atoms with Crippen molar-refractivity contribution < 1.29 is 50.8 Å². The van der Waals surface area contributed by atoms with E-state index in [1.54, 1.807) is 48.7 Å². The molecular formula is C36H18F7IrN6. The maximum Gasteiger partial charge on any atom is 3.00 e. The number of hydrogen-bond acceptors (Lipinski definition) is 5. The average Bonchev–Trinajstić information content (AvgIpc) is 3.61. The Hall–Kier alpha value is -5.59. The fourth-order valence-corrected chi connectivity index (χ4v) is 4.53. The van der Waals surface area contributed by atoms with E-state index in [0.29, 0.717) is 29.2 Å². The van der Waals surface area contributed by atoms with E-state index < -0.39 is 35.0 Å². The van der Waals surface area contributed by atoms with Gasteiger partial charge < -0.3 is 10.1 Å². The second-order valence-corrected chi connectivity index (χ2v) is 10.1. The Kier molecular flexibility index (Phi) is 10.9. The van der Waals surface area contributed by atoms with Gasteiger partial charge in [0.15, 0.2) is 0 Å². The summed E-state index contributed by atoms with van der Waals surface area (Å²) in [4.78, 5) is 16.3. The van der Waals surface area contributed by atoms with Gasteiger partial charge in [0.1, 0.15) is 0 Å². The van der Waals surface area contributed by atoms with Gasteiger partial charge in [0.05, 0.1) is 28.7 Å². The molecule has 0 saturated heterocycles. The number of hydrogen-bond donors (Lipinski definition) is 0. The Morgan fingerprint density at radius 3 is 1.40 bits per heavy atom. The summed E-state index contributed by atoms with van der Waals surface area (Å²) >= 11 is 0. The number of rotatable bonds is 5. The zero-order valence-corrected chi connectivity index (χ0v) is 27.4. The van der Waals surface area contributed by atoms with E-state index in [2.05, 4.69) is 42.3 Å². The Labute approximate surface area is 293 Å². The summed E-state index contributed by atoms with van der Waals surface area (Å²) in [7, 11) is 0. The van der Waals surface area contributed by atoms with Crippen LogP contribution in [0.5, 0.6) is 0 Å². The first-order valence-electron chi connectivity index (χ1n) is 14.2. The predicted octanol–water partition coefficient (Wildman–Crippen LogP) is 8.81. The van der Waals surface area contributed by atoms with E-state index in [1.807, 2.05) is 0 Å². The molecular weight excluding hydrogens is 842 g/mol. The first kappa shape index (κ1) is 35.7. The molecule has 4 heterocycles. The van der Waals surface area contributed by atoms with Gasteiger partial charge in [0.25, 0.3) is 0 Å². The summed E-state index contributed by atoms with van der Waals surface area (Å²) in [5.41, 5.74) is -0.297. The molecule has 14 heteroatoms. The van der Waals surface area contributed by atoms with Gasteiger partial charge >= 0.3 is 26.3 Å². The van der Waals surface area contributed by atoms with Crippen molar-refractivity contribution in [2.45, 2.75) is 6.18 Å². The molecule has 0 fully saturated rings. The van der Waals surface area contributed by atoms with Gasteiger partial charge in [-0.1, -0.05) is 65.7 Å². The second-order valence-electron chi connectivity index (χ2n) is 10.1. The van der Waals surface area contributed by atoms with Crippen LogP contribution in [0.4, 0.5) is 30.7 Å². The van der Waals surface area contributed by atoms with Crippen molar-refractivity contribution in [1.82, 2.24) is 30.1 Å². The molecule has 0 amide bonds. The van der Waals surface area contributed by atoms with Crippen LogP contribution in [-0.4, -0.2) is 25.0 Å². The van der Waals surface area contributed by atoms with Crippen LogP contribution in [0.1, 0.15) is 5.56 Å². The fourth-order valence-electron chi connectivity index (χ4n) is 4.53. The number of alkyl halides is 3. The number of benzene rings is 3. The van der Waals surface area contributed by atoms with Gasteiger partial charge in [-0.15, -0.1) is 23.3 Å². The predicted molar refractivity (Wildman–Crippen MR) is 165 cm³/mol. The van der Waals surface area contributed by atoms with E-state index in [1.165, 1.54) is 36.7 Å². The Bertz CT molecular complexity index is 2100. The number of nitrogens with zero attached hydrogens (tertiary/aromatic N) is 6. The topological polar surface area (TPSA) is 78.5 Å². The molecule has 4 aromatic heterocycles. The normalized spacial score (nSPS) is 10.9. The zero-order chi connectivity index (χ0) is 34.5. The minimum atomic E-state index is -4.36. The summed E-state index contributed by atoms with van der Waals surface area (Å²) in [6.45, 7) is 0. The third kappa shape index (κ3) is 7.99. The maximum atomic E-state index is 14.5. The van der Waals surface area contributed by atoms with Crippen LogP contribution in [0.25, 0.3) is 56.5 Å². The zero-order valence-electron chi connectivity index (χ0n) is 25.1. The molecule has 0 atom stereocenters. The molecule has 250 valence electrons. The van der Waals surface area contributed by atoms with E-state index in [-0.39, 0.29) is 59.6 Å². The number of pyridine rings is 3. The monoisotopic (exact) mass is 860 g/mol. The van der Waals surface area contributed by atoms with Crippen molar-refractivity contribution in [3.8, 4) is 56.5 Å². The molecule has 0 unspecified atom stereocenters. The third-order valence-corrected chi connectivity index (χ3v) is 6.87. The first-order valence-corrected chi connectivity index (χ1v) is 14.2. The Morgan fingerprint density at radius 1 is 0.540 bits per heavy atom. The largest absolute Gasteiger partial charge is 3.00 e. The number of halogens is 7. The van der Waals surface area contributed by atoms with Gasteiger partial charge in [-0.2, -0.15) is 13.2 Å². The summed E-state index contributed by atoms with van der Waals surface area (Å²) in [5, 5.41) is 7.76. The Morgan fingerprint density at radius 2 is 0.980 bits per heavy atom. The number of aromatic nitrogens is 6. The summed E-state index contributed by atoms with van der Waals surface area (Å²) in [6.07, 6.45) is 0.122. The van der Waals surface area contributed by atoms with Gasteiger partial charge in [0.2, 0.25) is 0 Å². The smallest absolute Gasteiger partial charge is 0.417 e. The maximum absolute atomic E-state index is 14.5. The molecule has 0 aliphatic rings. The van der Waals surface area contributed by atoms with Crippen molar-refractivity contribution in [1.29, 1.82) is 0 Å². The average molecular weight is 860 g/mol. The molecule has 6 nitrogen and oxygen atoms in total. The van der Waals surface area contributed by atoms with Crippen LogP contribution in [-0.2, 0) is 26.3 Å². The van der Waals surface area contributed by atoms with Gasteiger partial charge in [-0.25, -0.2) is 0 Å². The van der Waals surface area contributed by atoms with Crippen LogP contribution in [0.3, 0.4) is 0 Å². The molecule has 50 heavy (non-hydrogen) atoms. The fraction of sp³-hybridized carbons (Fsp3) is 0.0278. The molecule has 7 aromatic rings. The second kappa shape index (κ2) is 15.3. The molecule has 0 spiro atoms. The molecule has 7 rings (SSSR count). The third-order valence-electron chi connectivity index (χ3n) is 6.87. The van der Waals surface area contributed by atoms with Gasteiger partial charge in [-0.05, 0) is 47.8 Å². The first-order chi connectivity index (χ1) is 23.6. The molecule has 0 saturated carbocycles. The van der Waals surface area contributed by atoms with Crippen molar-refractivity contribution >= 4 is 0 Å². The summed E-state index contributed by atoms with van der Waals surface area (Å²) < 4.78 is 94.9. The van der Waals surface area contributed by atoms with Crippen LogP contribution < -0.4 is 5.10 Å². The van der Waals surface area contributed by atoms with E-state index in [0.717, 1.165) is 12.1 Å². The van der Waals surface area contributed by atoms with Gasteiger partial charge in [-0.3, -0.25) is 37.6 Å². The van der Waals surface area contributed by atoms with Crippen molar-refractivity contribution in [3.63, 3.8) is 0 Å². The quantitative estimate of drug-likeness (QED) is 0.127. The molecule has 0 radical (unpaired) electrons. The van der Waals surface area contributed by atoms with Crippen LogP contribution in [0.15, 0.2) is 110 Å². The van der Waals surface area contributed by atoms with Crippen molar-refractivity contribution in [2.75, 3.05) is 0 Å². The van der Waals surface area contributed by atoms with Crippen molar-refractivity contribution in [3.05, 3.63) is 151 Å². The molecule has 3 aromatic carbocycles. The van der Waals surface area contributed by atoms with E-state index in [9.17, 15) is 30.7 Å². The van der Waals surface area contributed by atoms with Gasteiger partial charge in [0, 0.05) is 41.6 Å². The van der Waals surface area contributed by atoms with Crippen LogP contribution >= 0.6 is 0 Å². The van der Waals surface area contributed by atoms with Crippen LogP contribution in [0, 0.1) is 35.4 Å². The van der Waals surface area contributed by atoms with E-state index >= 15 is 0 Å². The standard InChI is InChI=1S/C22H10F4N2.C14H8F3N4.Ir/c23-17-11-19(25)15(21-5-1-3-7-27-21)9-13(17)14-10-16(20(26)12-18(14)24)22-6-2-4-8-28-22;15-14(16,17)10-6-4-9(5-7-10)12-19-13(21-20-12)11-3-1-2-8-18-11;/h1-8,11-12H;1-8H;/q-2;-1;+3. The minimum Gasteiger partial charge on any atom is -0.417 e. The molecule has 0 aliphatic carbocycles. The summed E-state index contributed by atoms with van der Waals surface area (Å²) in [5.74, 6) is -3.29. The minimum absolute atomic E-state index is 0. The van der Waals surface area contributed by atoms with Crippen LogP contribution in [0.2, 0.25) is 0 Å². The molecule has 0 aliphatic heterocycles. The van der Waals surface area contributed by atoms with Crippen molar-refractivity contribution in [2.24, 2.45) is 0 Å². The van der Waals surface area contributed by atoms with E-state index in [4.69, 9.17) is 0 Å². The molecule has 0 bridgehead atoms.